The molecule has 0 saturated carbocycles. The molecule has 2 fully saturated rings. The van der Waals surface area contributed by atoms with Crippen LogP contribution in [-0.4, -0.2) is 66.1 Å². The Balaban J connectivity index is 1.70. The molecule has 1 atom stereocenters. The van der Waals surface area contributed by atoms with Gasteiger partial charge in [0.2, 0.25) is 5.91 Å². The van der Waals surface area contributed by atoms with E-state index >= 15 is 0 Å². The van der Waals surface area contributed by atoms with Crippen LogP contribution in [0.5, 0.6) is 0 Å². The van der Waals surface area contributed by atoms with Gasteiger partial charge >= 0.3 is 0 Å². The van der Waals surface area contributed by atoms with Gasteiger partial charge in [-0.1, -0.05) is 0 Å². The van der Waals surface area contributed by atoms with E-state index in [0.717, 1.165) is 25.8 Å². The van der Waals surface area contributed by atoms with Crippen molar-refractivity contribution in [2.45, 2.75) is 45.6 Å². The van der Waals surface area contributed by atoms with Gasteiger partial charge in [-0.15, -0.1) is 0 Å². The largest absolute Gasteiger partial charge is 0.383 e. The lowest BCUT2D eigenvalue weighted by molar-refractivity contribution is -0.146. The number of carbonyl (C=O) groups is 2. The molecule has 0 N–H and O–H groups in total. The molecule has 3 heterocycles. The van der Waals surface area contributed by atoms with E-state index in [1.807, 2.05) is 28.3 Å². The minimum Gasteiger partial charge on any atom is -0.383 e. The predicted molar refractivity (Wildman–Crippen MR) is 100 cm³/mol. The number of nitrogens with zero attached hydrogens (tertiary/aromatic N) is 3. The van der Waals surface area contributed by atoms with Gasteiger partial charge in [-0.2, -0.15) is 0 Å². The van der Waals surface area contributed by atoms with Crippen LogP contribution in [0.2, 0.25) is 0 Å². The molecule has 26 heavy (non-hydrogen) atoms. The fraction of sp³-hybridized carbons (Fsp3) is 0.700. The zero-order valence-corrected chi connectivity index (χ0v) is 16.5. The average molecular weight is 361 g/mol. The van der Waals surface area contributed by atoms with Crippen LogP contribution in [0.1, 0.15) is 50.4 Å². The van der Waals surface area contributed by atoms with Gasteiger partial charge in [-0.3, -0.25) is 9.59 Å². The SMILES string of the molecule is COCCN1CCCC2(CCN(C(=O)c3ccn(C(C)(C)C)c3)C2)C1=O. The predicted octanol–water partition coefficient (Wildman–Crippen LogP) is 2.34. The maximum absolute atomic E-state index is 13.0. The van der Waals surface area contributed by atoms with Gasteiger partial charge in [0.05, 0.1) is 17.6 Å². The van der Waals surface area contributed by atoms with E-state index in [9.17, 15) is 9.59 Å². The molecule has 2 aliphatic heterocycles. The third kappa shape index (κ3) is 3.52. The molecular weight excluding hydrogens is 330 g/mol. The molecule has 2 aliphatic rings. The van der Waals surface area contributed by atoms with Gasteiger partial charge in [0.15, 0.2) is 0 Å². The fourth-order valence-corrected chi connectivity index (χ4v) is 4.11. The van der Waals surface area contributed by atoms with Gasteiger partial charge in [-0.05, 0) is 46.1 Å². The molecule has 2 amide bonds. The fourth-order valence-electron chi connectivity index (χ4n) is 4.11. The van der Waals surface area contributed by atoms with Crippen LogP contribution in [0.3, 0.4) is 0 Å². The van der Waals surface area contributed by atoms with E-state index in [4.69, 9.17) is 4.74 Å². The number of amides is 2. The second kappa shape index (κ2) is 7.06. The second-order valence-electron chi connectivity index (χ2n) is 8.62. The Morgan fingerprint density at radius 2 is 2.04 bits per heavy atom. The number of piperidine rings is 1. The summed E-state index contributed by atoms with van der Waals surface area (Å²) in [6.45, 7) is 9.53. The molecule has 0 aliphatic carbocycles. The average Bonchev–Trinajstić information content (AvgIpc) is 3.24. The van der Waals surface area contributed by atoms with Gasteiger partial charge in [0.1, 0.15) is 0 Å². The number of likely N-dealkylation sites (tertiary alicyclic amines) is 2. The van der Waals surface area contributed by atoms with Crippen molar-refractivity contribution >= 4 is 11.8 Å². The molecule has 3 rings (SSSR count). The van der Waals surface area contributed by atoms with Crippen molar-refractivity contribution in [1.82, 2.24) is 14.4 Å². The normalized spacial score (nSPS) is 23.9. The lowest BCUT2D eigenvalue weighted by atomic mass is 9.78. The highest BCUT2D eigenvalue weighted by atomic mass is 16.5. The van der Waals surface area contributed by atoms with Crippen molar-refractivity contribution in [2.24, 2.45) is 5.41 Å². The molecule has 1 unspecified atom stereocenters. The number of methoxy groups -OCH3 is 1. The van der Waals surface area contributed by atoms with Crippen molar-refractivity contribution in [2.75, 3.05) is 39.9 Å². The van der Waals surface area contributed by atoms with Crippen molar-refractivity contribution in [1.29, 1.82) is 0 Å². The molecule has 1 spiro atoms. The van der Waals surface area contributed by atoms with Crippen LogP contribution in [0, 0.1) is 5.41 Å². The summed E-state index contributed by atoms with van der Waals surface area (Å²) in [5.41, 5.74) is 0.261. The summed E-state index contributed by atoms with van der Waals surface area (Å²) in [6.07, 6.45) is 6.51. The van der Waals surface area contributed by atoms with E-state index in [0.29, 0.717) is 31.8 Å². The number of rotatable bonds is 4. The summed E-state index contributed by atoms with van der Waals surface area (Å²) < 4.78 is 7.19. The number of aromatic nitrogens is 1. The molecule has 6 nitrogen and oxygen atoms in total. The summed E-state index contributed by atoms with van der Waals surface area (Å²) in [5, 5.41) is 0. The lowest BCUT2D eigenvalue weighted by Gasteiger charge is -2.39. The lowest BCUT2D eigenvalue weighted by Crippen LogP contribution is -2.51. The van der Waals surface area contributed by atoms with Crippen molar-refractivity contribution in [3.8, 4) is 0 Å². The number of ether oxygens (including phenoxy) is 1. The van der Waals surface area contributed by atoms with Crippen LogP contribution in [0.25, 0.3) is 0 Å². The summed E-state index contributed by atoms with van der Waals surface area (Å²) in [6, 6.07) is 1.88. The standard InChI is InChI=1S/C20H31N3O3/c1-19(2,3)23-10-6-16(14-23)17(24)22-11-8-20(15-22)7-5-9-21(18(20)25)12-13-26-4/h6,10,14H,5,7-9,11-13,15H2,1-4H3. The third-order valence-electron chi connectivity index (χ3n) is 5.75. The minimum atomic E-state index is -0.395. The first kappa shape index (κ1) is 19.0. The van der Waals surface area contributed by atoms with Gasteiger partial charge in [-0.25, -0.2) is 0 Å². The van der Waals surface area contributed by atoms with E-state index in [1.165, 1.54) is 0 Å². The first-order chi connectivity index (χ1) is 12.3. The summed E-state index contributed by atoms with van der Waals surface area (Å²) in [7, 11) is 1.66. The summed E-state index contributed by atoms with van der Waals surface area (Å²) in [5.74, 6) is 0.232. The molecule has 144 valence electrons. The van der Waals surface area contributed by atoms with Crippen LogP contribution in [0.4, 0.5) is 0 Å². The van der Waals surface area contributed by atoms with Crippen LogP contribution in [0.15, 0.2) is 18.5 Å². The van der Waals surface area contributed by atoms with Gasteiger partial charge in [0, 0.05) is 51.2 Å². The van der Waals surface area contributed by atoms with E-state index in [2.05, 4.69) is 25.3 Å². The molecule has 0 radical (unpaired) electrons. The smallest absolute Gasteiger partial charge is 0.255 e. The van der Waals surface area contributed by atoms with Gasteiger partial charge < -0.3 is 19.1 Å². The van der Waals surface area contributed by atoms with E-state index in [-0.39, 0.29) is 17.4 Å². The molecule has 0 aromatic carbocycles. The minimum absolute atomic E-state index is 0.0340. The first-order valence-corrected chi connectivity index (χ1v) is 9.53. The molecule has 0 bridgehead atoms. The number of carbonyl (C=O) groups excluding carboxylic acids is 2. The van der Waals surface area contributed by atoms with Crippen LogP contribution >= 0.6 is 0 Å². The Bertz CT molecular complexity index is 676. The highest BCUT2D eigenvalue weighted by molar-refractivity contribution is 5.95. The third-order valence-corrected chi connectivity index (χ3v) is 5.75. The van der Waals surface area contributed by atoms with Crippen LogP contribution < -0.4 is 0 Å². The Morgan fingerprint density at radius 3 is 2.69 bits per heavy atom. The number of hydrogen-bond acceptors (Lipinski definition) is 3. The zero-order valence-electron chi connectivity index (χ0n) is 16.5. The maximum atomic E-state index is 13.0. The molecule has 1 aromatic rings. The Labute approximate surface area is 156 Å². The highest BCUT2D eigenvalue weighted by Gasteiger charge is 2.49. The molecule has 2 saturated heterocycles. The van der Waals surface area contributed by atoms with E-state index < -0.39 is 5.41 Å². The topological polar surface area (TPSA) is 54.8 Å². The van der Waals surface area contributed by atoms with Crippen molar-refractivity contribution in [3.05, 3.63) is 24.0 Å². The first-order valence-electron chi connectivity index (χ1n) is 9.53. The quantitative estimate of drug-likeness (QED) is 0.827. The molecular formula is C20H31N3O3. The Hall–Kier alpha value is -1.82. The second-order valence-corrected chi connectivity index (χ2v) is 8.62. The van der Waals surface area contributed by atoms with Gasteiger partial charge in [0.25, 0.3) is 5.91 Å². The van der Waals surface area contributed by atoms with Crippen LogP contribution in [-0.2, 0) is 15.1 Å². The summed E-state index contributed by atoms with van der Waals surface area (Å²) >= 11 is 0. The Kier molecular flexibility index (Phi) is 5.15. The maximum Gasteiger partial charge on any atom is 0.255 e. The number of hydrogen-bond donors (Lipinski definition) is 0. The zero-order chi connectivity index (χ0) is 18.9. The molecule has 1 aromatic heterocycles. The summed E-state index contributed by atoms with van der Waals surface area (Å²) in [4.78, 5) is 29.7. The molecule has 6 heteroatoms. The van der Waals surface area contributed by atoms with Crippen molar-refractivity contribution in [3.63, 3.8) is 0 Å². The monoisotopic (exact) mass is 361 g/mol. The highest BCUT2D eigenvalue weighted by Crippen LogP contribution is 2.40. The van der Waals surface area contributed by atoms with Crippen molar-refractivity contribution < 1.29 is 14.3 Å². The van der Waals surface area contributed by atoms with E-state index in [1.54, 1.807) is 7.11 Å². The Morgan fingerprint density at radius 1 is 1.27 bits per heavy atom.